The Morgan fingerprint density at radius 2 is 1.16 bits per heavy atom. The van der Waals surface area contributed by atoms with Crippen molar-refractivity contribution in [2.75, 3.05) is 23.8 Å². The smallest absolute Gasteiger partial charge is 0.353 e. The number of nitrogens with zero attached hydrogens (tertiary/aromatic N) is 3. The Bertz CT molecular complexity index is 1160. The Hall–Kier alpha value is -4.54. The first-order valence-corrected chi connectivity index (χ1v) is 11.7. The molecule has 0 fully saturated rings. The second kappa shape index (κ2) is 12.4. The zero-order valence-electron chi connectivity index (χ0n) is 21.1. The van der Waals surface area contributed by atoms with Gasteiger partial charge in [-0.1, -0.05) is 27.7 Å². The molecule has 11 nitrogen and oxygen atoms in total. The van der Waals surface area contributed by atoms with Crippen molar-refractivity contribution in [3.05, 3.63) is 76.1 Å². The number of ether oxygens (including phenoxy) is 2. The van der Waals surface area contributed by atoms with Crippen LogP contribution in [-0.4, -0.2) is 40.0 Å². The number of benzene rings is 2. The molecule has 0 radical (unpaired) electrons. The lowest BCUT2D eigenvalue weighted by Crippen LogP contribution is -2.10. The van der Waals surface area contributed by atoms with Crippen molar-refractivity contribution in [2.45, 2.75) is 27.7 Å². The number of rotatable bonds is 11. The molecule has 0 unspecified atom stereocenters. The highest BCUT2D eigenvalue weighted by Gasteiger charge is 2.23. The summed E-state index contributed by atoms with van der Waals surface area (Å²) < 4.78 is 10.4. The van der Waals surface area contributed by atoms with E-state index in [2.05, 4.69) is 20.6 Å². The second-order valence-electron chi connectivity index (χ2n) is 9.07. The first-order chi connectivity index (χ1) is 17.6. The molecular formula is C26H29N5O6. The number of anilines is 4. The van der Waals surface area contributed by atoms with Gasteiger partial charge in [0.25, 0.3) is 0 Å². The number of carbonyl (C=O) groups is 2. The van der Waals surface area contributed by atoms with Crippen LogP contribution in [0, 0.1) is 22.0 Å². The van der Waals surface area contributed by atoms with Gasteiger partial charge >= 0.3 is 17.6 Å². The Balaban J connectivity index is 1.74. The Labute approximate surface area is 214 Å². The van der Waals surface area contributed by atoms with Crippen molar-refractivity contribution in [3.8, 4) is 0 Å². The van der Waals surface area contributed by atoms with Gasteiger partial charge < -0.3 is 20.1 Å². The van der Waals surface area contributed by atoms with Gasteiger partial charge in [-0.25, -0.2) is 19.6 Å². The van der Waals surface area contributed by atoms with Gasteiger partial charge in [-0.15, -0.1) is 0 Å². The largest absolute Gasteiger partial charge is 0.462 e. The molecule has 0 aliphatic rings. The number of esters is 2. The Morgan fingerprint density at radius 1 is 0.784 bits per heavy atom. The maximum atomic E-state index is 12.1. The van der Waals surface area contributed by atoms with E-state index in [1.54, 1.807) is 48.5 Å². The fraction of sp³-hybridized carbons (Fsp3) is 0.308. The van der Waals surface area contributed by atoms with Crippen molar-refractivity contribution in [1.82, 2.24) is 9.97 Å². The van der Waals surface area contributed by atoms with Crippen LogP contribution in [-0.2, 0) is 9.47 Å². The minimum atomic E-state index is -0.597. The van der Waals surface area contributed by atoms with Gasteiger partial charge in [0.2, 0.25) is 11.6 Å². The number of aromatic nitrogens is 2. The molecule has 0 saturated carbocycles. The van der Waals surface area contributed by atoms with Gasteiger partial charge in [-0.3, -0.25) is 10.1 Å². The molecule has 0 saturated heterocycles. The van der Waals surface area contributed by atoms with E-state index in [-0.39, 0.29) is 29.2 Å². The molecule has 0 bridgehead atoms. The van der Waals surface area contributed by atoms with Crippen molar-refractivity contribution < 1.29 is 24.0 Å². The monoisotopic (exact) mass is 507 g/mol. The third kappa shape index (κ3) is 7.72. The highest BCUT2D eigenvalue weighted by atomic mass is 16.6. The molecule has 2 aromatic carbocycles. The molecule has 11 heteroatoms. The van der Waals surface area contributed by atoms with Gasteiger partial charge in [0.05, 0.1) is 29.3 Å². The van der Waals surface area contributed by atoms with Gasteiger partial charge in [-0.2, -0.15) is 0 Å². The Morgan fingerprint density at radius 3 is 1.49 bits per heavy atom. The summed E-state index contributed by atoms with van der Waals surface area (Å²) in [4.78, 5) is 43.6. The average molecular weight is 508 g/mol. The molecule has 37 heavy (non-hydrogen) atoms. The predicted octanol–water partition coefficient (Wildman–Crippen LogP) is 5.50. The molecule has 3 aromatic rings. The van der Waals surface area contributed by atoms with Crippen molar-refractivity contribution in [1.29, 1.82) is 0 Å². The van der Waals surface area contributed by atoms with Crippen LogP contribution in [0.5, 0.6) is 0 Å². The lowest BCUT2D eigenvalue weighted by molar-refractivity contribution is -0.383. The lowest BCUT2D eigenvalue weighted by Gasteiger charge is -2.11. The van der Waals surface area contributed by atoms with E-state index in [9.17, 15) is 19.7 Å². The van der Waals surface area contributed by atoms with E-state index < -0.39 is 16.9 Å². The molecule has 0 spiro atoms. The van der Waals surface area contributed by atoms with Crippen LogP contribution in [0.3, 0.4) is 0 Å². The summed E-state index contributed by atoms with van der Waals surface area (Å²) >= 11 is 0. The van der Waals surface area contributed by atoms with Crippen LogP contribution in [0.1, 0.15) is 48.4 Å². The van der Waals surface area contributed by atoms with Crippen LogP contribution < -0.4 is 10.6 Å². The fourth-order valence-corrected chi connectivity index (χ4v) is 3.04. The molecular weight excluding hydrogens is 478 g/mol. The first kappa shape index (κ1) is 27.1. The molecule has 2 N–H and O–H groups in total. The molecule has 0 aliphatic heterocycles. The average Bonchev–Trinajstić information content (AvgIpc) is 2.86. The number of hydrogen-bond donors (Lipinski definition) is 2. The standard InChI is InChI=1S/C26H29N5O6/c1-16(2)13-36-25(32)18-5-9-20(10-6-18)29-23-22(31(34)35)24(28-15-27-23)30-21-11-7-19(8-12-21)26(33)37-14-17(3)4/h5-12,15-17H,13-14H2,1-4H3,(H2,27,28,29,30). The molecule has 194 valence electrons. The van der Waals surface area contributed by atoms with Crippen LogP contribution in [0.4, 0.5) is 28.7 Å². The van der Waals surface area contributed by atoms with E-state index >= 15 is 0 Å². The van der Waals surface area contributed by atoms with Gasteiger partial charge in [0, 0.05) is 11.4 Å². The van der Waals surface area contributed by atoms with E-state index in [0.29, 0.717) is 35.7 Å². The summed E-state index contributed by atoms with van der Waals surface area (Å²) in [5, 5.41) is 17.7. The van der Waals surface area contributed by atoms with Gasteiger partial charge in [0.15, 0.2) is 0 Å². The zero-order valence-corrected chi connectivity index (χ0v) is 21.1. The van der Waals surface area contributed by atoms with Crippen molar-refractivity contribution >= 4 is 40.6 Å². The van der Waals surface area contributed by atoms with Crippen LogP contribution in [0.2, 0.25) is 0 Å². The third-order valence-corrected chi connectivity index (χ3v) is 4.87. The molecule has 1 aromatic heterocycles. The summed E-state index contributed by atoms with van der Waals surface area (Å²) in [6, 6.07) is 12.6. The van der Waals surface area contributed by atoms with Crippen LogP contribution >= 0.6 is 0 Å². The third-order valence-electron chi connectivity index (χ3n) is 4.87. The predicted molar refractivity (Wildman–Crippen MR) is 138 cm³/mol. The van der Waals surface area contributed by atoms with Crippen LogP contribution in [0.15, 0.2) is 54.9 Å². The molecule has 0 aliphatic carbocycles. The topological polar surface area (TPSA) is 146 Å². The maximum absolute atomic E-state index is 12.1. The highest BCUT2D eigenvalue weighted by molar-refractivity contribution is 5.90. The number of nitro groups is 1. The molecule has 1 heterocycles. The van der Waals surface area contributed by atoms with Gasteiger partial charge in [0.1, 0.15) is 6.33 Å². The Kier molecular flexibility index (Phi) is 9.09. The first-order valence-electron chi connectivity index (χ1n) is 11.7. The molecule has 0 atom stereocenters. The number of hydrogen-bond acceptors (Lipinski definition) is 10. The number of nitrogens with one attached hydrogen (secondary N) is 2. The molecule has 0 amide bonds. The summed E-state index contributed by atoms with van der Waals surface area (Å²) in [6.45, 7) is 8.39. The van der Waals surface area contributed by atoms with Crippen molar-refractivity contribution in [2.24, 2.45) is 11.8 Å². The minimum absolute atomic E-state index is 0.0356. The summed E-state index contributed by atoms with van der Waals surface area (Å²) in [6.07, 6.45) is 1.19. The second-order valence-corrected chi connectivity index (χ2v) is 9.07. The summed E-state index contributed by atoms with van der Waals surface area (Å²) in [7, 11) is 0. The number of carbonyl (C=O) groups excluding carboxylic acids is 2. The highest BCUT2D eigenvalue weighted by Crippen LogP contribution is 2.33. The van der Waals surface area contributed by atoms with E-state index in [0.717, 1.165) is 0 Å². The van der Waals surface area contributed by atoms with Crippen LogP contribution in [0.25, 0.3) is 0 Å². The summed E-state index contributed by atoms with van der Waals surface area (Å²) in [5.41, 5.74) is 1.32. The van der Waals surface area contributed by atoms with E-state index in [1.165, 1.54) is 6.33 Å². The van der Waals surface area contributed by atoms with E-state index in [4.69, 9.17) is 9.47 Å². The molecule has 3 rings (SSSR count). The maximum Gasteiger partial charge on any atom is 0.353 e. The fourth-order valence-electron chi connectivity index (χ4n) is 3.04. The summed E-state index contributed by atoms with van der Waals surface area (Å²) in [5.74, 6) is -0.527. The lowest BCUT2D eigenvalue weighted by atomic mass is 10.2. The van der Waals surface area contributed by atoms with E-state index in [1.807, 2.05) is 27.7 Å². The van der Waals surface area contributed by atoms with Crippen molar-refractivity contribution in [3.63, 3.8) is 0 Å². The minimum Gasteiger partial charge on any atom is -0.462 e. The SMILES string of the molecule is CC(C)COC(=O)c1ccc(Nc2ncnc(Nc3ccc(C(=O)OCC(C)C)cc3)c2[N+](=O)[O-])cc1. The normalized spacial score (nSPS) is 10.8. The zero-order chi connectivity index (χ0) is 26.9. The quantitative estimate of drug-likeness (QED) is 0.194. The van der Waals surface area contributed by atoms with Gasteiger partial charge in [-0.05, 0) is 60.4 Å².